The Hall–Kier alpha value is -2.48. The molecule has 170 valence electrons. The lowest BCUT2D eigenvalue weighted by Gasteiger charge is -2.07. The zero-order valence-corrected chi connectivity index (χ0v) is 20.2. The van der Waals surface area contributed by atoms with Gasteiger partial charge < -0.3 is 0 Å². The van der Waals surface area contributed by atoms with Crippen molar-refractivity contribution in [1.29, 1.82) is 0 Å². The molecule has 0 atom stereocenters. The summed E-state index contributed by atoms with van der Waals surface area (Å²) in [6.07, 6.45) is 19.4. The molecule has 0 radical (unpaired) electrons. The molecular formula is C30H40N2. The predicted molar refractivity (Wildman–Crippen MR) is 138 cm³/mol. The van der Waals surface area contributed by atoms with Crippen LogP contribution in [0.3, 0.4) is 0 Å². The molecule has 1 aromatic carbocycles. The molecule has 0 N–H and O–H groups in total. The molecule has 0 spiro atoms. The number of hydrogen-bond donors (Lipinski definition) is 0. The molecule has 0 saturated carbocycles. The van der Waals surface area contributed by atoms with Gasteiger partial charge in [0.2, 0.25) is 0 Å². The summed E-state index contributed by atoms with van der Waals surface area (Å²) in [5.74, 6) is 0. The number of hydrogen-bond acceptors (Lipinski definition) is 2. The minimum absolute atomic E-state index is 0.986. The van der Waals surface area contributed by atoms with Crippen LogP contribution in [0.15, 0.2) is 60.9 Å². The number of nitrogens with zero attached hydrogens (tertiary/aromatic N) is 2. The number of aromatic nitrogens is 2. The largest absolute Gasteiger partial charge is 0.261 e. The molecule has 0 aliphatic heterocycles. The van der Waals surface area contributed by atoms with Crippen LogP contribution in [0.25, 0.3) is 22.4 Å². The molecule has 2 nitrogen and oxygen atoms in total. The Bertz CT molecular complexity index is 880. The van der Waals surface area contributed by atoms with Crippen molar-refractivity contribution < 1.29 is 0 Å². The summed E-state index contributed by atoms with van der Waals surface area (Å²) in [4.78, 5) is 9.39. The Morgan fingerprint density at radius 1 is 0.500 bits per heavy atom. The number of benzene rings is 1. The first-order valence-corrected chi connectivity index (χ1v) is 12.8. The molecule has 0 saturated heterocycles. The highest BCUT2D eigenvalue weighted by Gasteiger charge is 2.04. The van der Waals surface area contributed by atoms with Gasteiger partial charge in [0.25, 0.3) is 0 Å². The predicted octanol–water partition coefficient (Wildman–Crippen LogP) is 8.84. The van der Waals surface area contributed by atoms with E-state index < -0.39 is 0 Å². The van der Waals surface area contributed by atoms with Crippen molar-refractivity contribution in [1.82, 2.24) is 9.97 Å². The maximum Gasteiger partial charge on any atom is 0.0717 e. The molecule has 0 fully saturated rings. The summed E-state index contributed by atoms with van der Waals surface area (Å²) in [7, 11) is 0. The van der Waals surface area contributed by atoms with Crippen LogP contribution < -0.4 is 0 Å². The Kier molecular flexibility index (Phi) is 10.4. The number of pyridine rings is 2. The third-order valence-electron chi connectivity index (χ3n) is 6.28. The Labute approximate surface area is 195 Å². The van der Waals surface area contributed by atoms with Gasteiger partial charge in [0.15, 0.2) is 0 Å². The van der Waals surface area contributed by atoms with Crippen molar-refractivity contribution >= 4 is 0 Å². The number of rotatable bonds is 14. The standard InChI is InChI=1S/C30H40N2/c1-3-5-7-9-10-12-14-29-21-19-28(24-31-29)30-22-20-27(23-32-30)26-17-15-25(16-18-26)13-11-8-6-4-2/h15-24H,3-14H2,1-2H3. The zero-order valence-electron chi connectivity index (χ0n) is 20.2. The van der Waals surface area contributed by atoms with E-state index in [1.165, 1.54) is 93.0 Å². The molecule has 2 aromatic heterocycles. The highest BCUT2D eigenvalue weighted by atomic mass is 14.7. The van der Waals surface area contributed by atoms with Crippen LogP contribution in [0.5, 0.6) is 0 Å². The second-order valence-corrected chi connectivity index (χ2v) is 9.00. The molecule has 0 amide bonds. The molecule has 3 rings (SSSR count). The molecular weight excluding hydrogens is 388 g/mol. The van der Waals surface area contributed by atoms with Crippen LogP contribution in [-0.4, -0.2) is 9.97 Å². The summed E-state index contributed by atoms with van der Waals surface area (Å²) >= 11 is 0. The average molecular weight is 429 g/mol. The van der Waals surface area contributed by atoms with Crippen molar-refractivity contribution in [3.8, 4) is 22.4 Å². The van der Waals surface area contributed by atoms with E-state index in [-0.39, 0.29) is 0 Å². The lowest BCUT2D eigenvalue weighted by molar-refractivity contribution is 0.605. The van der Waals surface area contributed by atoms with Gasteiger partial charge >= 0.3 is 0 Å². The molecule has 32 heavy (non-hydrogen) atoms. The molecule has 0 aliphatic carbocycles. The minimum atomic E-state index is 0.986. The molecule has 3 aromatic rings. The SMILES string of the molecule is CCCCCCCCc1ccc(-c2ccc(-c3ccc(CCCCCC)cc3)cn2)cn1. The average Bonchev–Trinajstić information content (AvgIpc) is 2.85. The Morgan fingerprint density at radius 2 is 1.09 bits per heavy atom. The molecule has 0 bridgehead atoms. The maximum absolute atomic E-state index is 4.71. The summed E-state index contributed by atoms with van der Waals surface area (Å²) in [6, 6.07) is 17.6. The molecule has 2 heterocycles. The topological polar surface area (TPSA) is 25.8 Å². The summed E-state index contributed by atoms with van der Waals surface area (Å²) in [5.41, 5.74) is 7.09. The first-order chi connectivity index (χ1) is 15.8. The summed E-state index contributed by atoms with van der Waals surface area (Å²) < 4.78 is 0. The fourth-order valence-corrected chi connectivity index (χ4v) is 4.17. The van der Waals surface area contributed by atoms with Gasteiger partial charge in [0.05, 0.1) is 5.69 Å². The minimum Gasteiger partial charge on any atom is -0.261 e. The van der Waals surface area contributed by atoms with Gasteiger partial charge in [-0.1, -0.05) is 95.5 Å². The highest BCUT2D eigenvalue weighted by molar-refractivity contribution is 5.66. The van der Waals surface area contributed by atoms with Gasteiger partial charge in [-0.2, -0.15) is 0 Å². The lowest BCUT2D eigenvalue weighted by Crippen LogP contribution is -1.92. The lowest BCUT2D eigenvalue weighted by atomic mass is 10.0. The van der Waals surface area contributed by atoms with E-state index in [2.05, 4.69) is 67.4 Å². The van der Waals surface area contributed by atoms with E-state index in [0.29, 0.717) is 0 Å². The van der Waals surface area contributed by atoms with Crippen LogP contribution in [-0.2, 0) is 12.8 Å². The van der Waals surface area contributed by atoms with Gasteiger partial charge in [-0.3, -0.25) is 9.97 Å². The fraction of sp³-hybridized carbons (Fsp3) is 0.467. The van der Waals surface area contributed by atoms with Gasteiger partial charge in [-0.25, -0.2) is 0 Å². The molecule has 0 aliphatic rings. The van der Waals surface area contributed by atoms with Gasteiger partial charge in [0, 0.05) is 29.2 Å². The van der Waals surface area contributed by atoms with Gasteiger partial charge in [-0.05, 0) is 55.0 Å². The van der Waals surface area contributed by atoms with E-state index in [0.717, 1.165) is 17.7 Å². The normalized spacial score (nSPS) is 11.1. The highest BCUT2D eigenvalue weighted by Crippen LogP contribution is 2.23. The van der Waals surface area contributed by atoms with E-state index in [9.17, 15) is 0 Å². The van der Waals surface area contributed by atoms with E-state index >= 15 is 0 Å². The number of aryl methyl sites for hydroxylation is 2. The summed E-state index contributed by atoms with van der Waals surface area (Å²) in [6.45, 7) is 4.53. The van der Waals surface area contributed by atoms with E-state index in [1.807, 2.05) is 12.4 Å². The first kappa shape index (κ1) is 24.2. The van der Waals surface area contributed by atoms with Crippen molar-refractivity contribution in [3.05, 3.63) is 72.2 Å². The summed E-state index contributed by atoms with van der Waals surface area (Å²) in [5, 5.41) is 0. The molecule has 2 heteroatoms. The second kappa shape index (κ2) is 13.8. The zero-order chi connectivity index (χ0) is 22.4. The second-order valence-electron chi connectivity index (χ2n) is 9.00. The third-order valence-corrected chi connectivity index (χ3v) is 6.28. The van der Waals surface area contributed by atoms with Crippen LogP contribution in [0, 0.1) is 0 Å². The monoisotopic (exact) mass is 428 g/mol. The van der Waals surface area contributed by atoms with Crippen molar-refractivity contribution in [2.75, 3.05) is 0 Å². The van der Waals surface area contributed by atoms with Crippen molar-refractivity contribution in [3.63, 3.8) is 0 Å². The van der Waals surface area contributed by atoms with E-state index in [4.69, 9.17) is 4.98 Å². The number of unbranched alkanes of at least 4 members (excludes halogenated alkanes) is 8. The van der Waals surface area contributed by atoms with Gasteiger partial charge in [-0.15, -0.1) is 0 Å². The van der Waals surface area contributed by atoms with Crippen LogP contribution >= 0.6 is 0 Å². The first-order valence-electron chi connectivity index (χ1n) is 12.8. The van der Waals surface area contributed by atoms with Gasteiger partial charge in [0.1, 0.15) is 0 Å². The van der Waals surface area contributed by atoms with Crippen molar-refractivity contribution in [2.45, 2.75) is 90.9 Å². The molecule has 0 unspecified atom stereocenters. The maximum atomic E-state index is 4.71. The quantitative estimate of drug-likeness (QED) is 0.240. The van der Waals surface area contributed by atoms with Crippen LogP contribution in [0.2, 0.25) is 0 Å². The van der Waals surface area contributed by atoms with Crippen LogP contribution in [0.1, 0.15) is 89.3 Å². The smallest absolute Gasteiger partial charge is 0.0717 e. The fourth-order valence-electron chi connectivity index (χ4n) is 4.17. The Balaban J connectivity index is 1.50. The Morgan fingerprint density at radius 3 is 1.75 bits per heavy atom. The van der Waals surface area contributed by atoms with Crippen molar-refractivity contribution in [2.24, 2.45) is 0 Å². The van der Waals surface area contributed by atoms with Crippen LogP contribution in [0.4, 0.5) is 0 Å². The third kappa shape index (κ3) is 7.89. The van der Waals surface area contributed by atoms with E-state index in [1.54, 1.807) is 0 Å².